The van der Waals surface area contributed by atoms with Crippen LogP contribution in [-0.4, -0.2) is 0 Å². The second-order valence-electron chi connectivity index (χ2n) is 3.58. The van der Waals surface area contributed by atoms with Gasteiger partial charge in [-0.3, -0.25) is 0 Å². The van der Waals surface area contributed by atoms with Gasteiger partial charge < -0.3 is 5.73 Å². The molecular weight excluding hydrogens is 257 g/mol. The Morgan fingerprint density at radius 2 is 1.88 bits per heavy atom. The molecule has 17 heavy (non-hydrogen) atoms. The molecule has 0 aromatic heterocycles. The molecule has 0 fully saturated rings. The summed E-state index contributed by atoms with van der Waals surface area (Å²) in [6.07, 6.45) is 0. The first-order valence-electron chi connectivity index (χ1n) is 5.08. The lowest BCUT2D eigenvalue weighted by atomic mass is 10.2. The Morgan fingerprint density at radius 3 is 2.59 bits per heavy atom. The van der Waals surface area contributed by atoms with E-state index in [0.717, 1.165) is 10.6 Å². The van der Waals surface area contributed by atoms with Crippen LogP contribution in [0, 0.1) is 5.82 Å². The van der Waals surface area contributed by atoms with Crippen molar-refractivity contribution in [1.82, 2.24) is 0 Å². The average Bonchev–Trinajstić information content (AvgIpc) is 2.33. The van der Waals surface area contributed by atoms with Crippen LogP contribution in [0.3, 0.4) is 0 Å². The first-order valence-corrected chi connectivity index (χ1v) is 6.44. The van der Waals surface area contributed by atoms with Crippen LogP contribution in [0.4, 0.5) is 10.1 Å². The van der Waals surface area contributed by atoms with Gasteiger partial charge in [0, 0.05) is 16.3 Å². The Balaban J connectivity index is 2.12. The van der Waals surface area contributed by atoms with Crippen molar-refractivity contribution in [2.45, 2.75) is 10.6 Å². The molecule has 0 saturated heterocycles. The standard InChI is InChI=1S/C13H11ClFNS/c14-10-6-12(16)13(7-11(10)15)17-8-9-4-2-1-3-5-9/h1-7H,8,16H2. The maximum absolute atomic E-state index is 13.3. The zero-order valence-electron chi connectivity index (χ0n) is 8.99. The summed E-state index contributed by atoms with van der Waals surface area (Å²) in [5.74, 6) is 0.322. The highest BCUT2D eigenvalue weighted by Crippen LogP contribution is 2.31. The van der Waals surface area contributed by atoms with E-state index >= 15 is 0 Å². The maximum atomic E-state index is 13.3. The second-order valence-corrected chi connectivity index (χ2v) is 5.00. The quantitative estimate of drug-likeness (QED) is 0.661. The molecule has 88 valence electrons. The number of benzene rings is 2. The fourth-order valence-corrected chi connectivity index (χ4v) is 2.50. The van der Waals surface area contributed by atoms with Gasteiger partial charge in [0.2, 0.25) is 0 Å². The molecule has 0 heterocycles. The molecule has 0 amide bonds. The molecule has 0 spiro atoms. The van der Waals surface area contributed by atoms with Crippen LogP contribution < -0.4 is 5.73 Å². The van der Waals surface area contributed by atoms with E-state index in [1.807, 2.05) is 30.3 Å². The Hall–Kier alpha value is -1.19. The Bertz CT molecular complexity index is 516. The molecule has 0 atom stereocenters. The average molecular weight is 268 g/mol. The summed E-state index contributed by atoms with van der Waals surface area (Å²) in [7, 11) is 0. The summed E-state index contributed by atoms with van der Waals surface area (Å²) >= 11 is 7.14. The highest BCUT2D eigenvalue weighted by molar-refractivity contribution is 7.98. The monoisotopic (exact) mass is 267 g/mol. The zero-order valence-corrected chi connectivity index (χ0v) is 10.6. The smallest absolute Gasteiger partial charge is 0.143 e. The van der Waals surface area contributed by atoms with Crippen LogP contribution in [-0.2, 0) is 5.75 Å². The Kier molecular flexibility index (Phi) is 3.92. The third-order valence-corrected chi connectivity index (χ3v) is 3.72. The number of nitrogens with two attached hydrogens (primary N) is 1. The lowest BCUT2D eigenvalue weighted by Crippen LogP contribution is -1.91. The molecule has 0 aliphatic rings. The van der Waals surface area contributed by atoms with E-state index in [2.05, 4.69) is 0 Å². The summed E-state index contributed by atoms with van der Waals surface area (Å²) in [6, 6.07) is 12.8. The molecule has 2 N–H and O–H groups in total. The molecule has 1 nitrogen and oxygen atoms in total. The van der Waals surface area contributed by atoms with E-state index in [-0.39, 0.29) is 5.02 Å². The second kappa shape index (κ2) is 5.43. The van der Waals surface area contributed by atoms with Crippen molar-refractivity contribution < 1.29 is 4.39 Å². The lowest BCUT2D eigenvalue weighted by Gasteiger charge is -2.06. The van der Waals surface area contributed by atoms with Crippen molar-refractivity contribution in [2.75, 3.05) is 5.73 Å². The van der Waals surface area contributed by atoms with Gasteiger partial charge in [0.25, 0.3) is 0 Å². The van der Waals surface area contributed by atoms with Crippen molar-refractivity contribution in [3.8, 4) is 0 Å². The lowest BCUT2D eigenvalue weighted by molar-refractivity contribution is 0.625. The molecule has 0 saturated carbocycles. The van der Waals surface area contributed by atoms with Crippen molar-refractivity contribution >= 4 is 29.1 Å². The minimum Gasteiger partial charge on any atom is -0.398 e. The number of rotatable bonds is 3. The van der Waals surface area contributed by atoms with Crippen LogP contribution >= 0.6 is 23.4 Å². The van der Waals surface area contributed by atoms with E-state index in [1.54, 1.807) is 0 Å². The van der Waals surface area contributed by atoms with Crippen molar-refractivity contribution in [1.29, 1.82) is 0 Å². The van der Waals surface area contributed by atoms with Crippen LogP contribution in [0.25, 0.3) is 0 Å². The van der Waals surface area contributed by atoms with Gasteiger partial charge in [0.05, 0.1) is 5.02 Å². The number of anilines is 1. The normalized spacial score (nSPS) is 10.5. The number of nitrogen functional groups attached to an aromatic ring is 1. The number of hydrogen-bond donors (Lipinski definition) is 1. The molecule has 0 radical (unpaired) electrons. The largest absolute Gasteiger partial charge is 0.398 e. The van der Waals surface area contributed by atoms with E-state index in [9.17, 15) is 4.39 Å². The van der Waals surface area contributed by atoms with E-state index in [4.69, 9.17) is 17.3 Å². The molecule has 4 heteroatoms. The zero-order chi connectivity index (χ0) is 12.3. The molecule has 0 bridgehead atoms. The van der Waals surface area contributed by atoms with Crippen molar-refractivity contribution in [2.24, 2.45) is 0 Å². The molecule has 2 aromatic carbocycles. The summed E-state index contributed by atoms with van der Waals surface area (Å²) in [4.78, 5) is 0.718. The van der Waals surface area contributed by atoms with Crippen LogP contribution in [0.2, 0.25) is 5.02 Å². The molecule has 0 unspecified atom stereocenters. The van der Waals surface area contributed by atoms with Gasteiger partial charge in [0.1, 0.15) is 5.82 Å². The van der Waals surface area contributed by atoms with E-state index < -0.39 is 5.82 Å². The SMILES string of the molecule is Nc1cc(Cl)c(F)cc1SCc1ccccc1. The molecular formula is C13H11ClFNS. The summed E-state index contributed by atoms with van der Waals surface area (Å²) in [5, 5.41) is 0.0616. The van der Waals surface area contributed by atoms with Gasteiger partial charge in [-0.2, -0.15) is 0 Å². The van der Waals surface area contributed by atoms with Crippen molar-refractivity contribution in [3.05, 3.63) is 58.9 Å². The fourth-order valence-electron chi connectivity index (χ4n) is 1.40. The topological polar surface area (TPSA) is 26.0 Å². The van der Waals surface area contributed by atoms with Gasteiger partial charge in [-0.1, -0.05) is 41.9 Å². The third-order valence-electron chi connectivity index (χ3n) is 2.29. The van der Waals surface area contributed by atoms with E-state index in [0.29, 0.717) is 5.69 Å². The summed E-state index contributed by atoms with van der Waals surface area (Å²) in [6.45, 7) is 0. The van der Waals surface area contributed by atoms with Crippen LogP contribution in [0.5, 0.6) is 0 Å². The van der Waals surface area contributed by atoms with E-state index in [1.165, 1.54) is 29.5 Å². The number of thioether (sulfide) groups is 1. The Labute approximate surface area is 109 Å². The summed E-state index contributed by atoms with van der Waals surface area (Å²) in [5.41, 5.74) is 7.47. The predicted molar refractivity (Wildman–Crippen MR) is 71.8 cm³/mol. The molecule has 2 rings (SSSR count). The first-order chi connectivity index (χ1) is 8.16. The molecule has 0 aliphatic heterocycles. The molecule has 2 aromatic rings. The van der Waals surface area contributed by atoms with Crippen molar-refractivity contribution in [3.63, 3.8) is 0 Å². The van der Waals surface area contributed by atoms with Crippen LogP contribution in [0.1, 0.15) is 5.56 Å². The van der Waals surface area contributed by atoms with Gasteiger partial charge >= 0.3 is 0 Å². The molecule has 0 aliphatic carbocycles. The third kappa shape index (κ3) is 3.14. The summed E-state index contributed by atoms with van der Waals surface area (Å²) < 4.78 is 13.3. The Morgan fingerprint density at radius 1 is 1.18 bits per heavy atom. The van der Waals surface area contributed by atoms with Gasteiger partial charge in [-0.15, -0.1) is 11.8 Å². The number of halogens is 2. The highest BCUT2D eigenvalue weighted by Gasteiger charge is 2.06. The first kappa shape index (κ1) is 12.3. The maximum Gasteiger partial charge on any atom is 0.143 e. The van der Waals surface area contributed by atoms with Gasteiger partial charge in [-0.25, -0.2) is 4.39 Å². The number of hydrogen-bond acceptors (Lipinski definition) is 2. The van der Waals surface area contributed by atoms with Gasteiger partial charge in [0.15, 0.2) is 0 Å². The minimum absolute atomic E-state index is 0.0616. The fraction of sp³-hybridized carbons (Fsp3) is 0.0769. The van der Waals surface area contributed by atoms with Gasteiger partial charge in [-0.05, 0) is 17.7 Å². The predicted octanol–water partition coefficient (Wildman–Crippen LogP) is 4.35. The van der Waals surface area contributed by atoms with Crippen LogP contribution in [0.15, 0.2) is 47.4 Å². The highest BCUT2D eigenvalue weighted by atomic mass is 35.5. The minimum atomic E-state index is -0.434.